The number of hydrogen-bond donors (Lipinski definition) is 1. The summed E-state index contributed by atoms with van der Waals surface area (Å²) in [5.41, 5.74) is 3.08. The molecule has 0 bridgehead atoms. The summed E-state index contributed by atoms with van der Waals surface area (Å²) in [6, 6.07) is 18.0. The maximum absolute atomic E-state index is 12.9. The lowest BCUT2D eigenvalue weighted by molar-refractivity contribution is -0.115. The SMILES string of the molecule is CC[C@H](C)c1ccccc1NC(=O)[C@H](C)Sc1nnc(-c2ccccc2)n1CC. The molecule has 29 heavy (non-hydrogen) atoms. The summed E-state index contributed by atoms with van der Waals surface area (Å²) in [6.07, 6.45) is 1.03. The maximum Gasteiger partial charge on any atom is 0.237 e. The first kappa shape index (κ1) is 21.1. The zero-order valence-corrected chi connectivity index (χ0v) is 18.2. The van der Waals surface area contributed by atoms with Crippen LogP contribution in [0.1, 0.15) is 45.6 Å². The Morgan fingerprint density at radius 3 is 2.41 bits per heavy atom. The van der Waals surface area contributed by atoms with Crippen LogP contribution < -0.4 is 5.32 Å². The van der Waals surface area contributed by atoms with Crippen LogP contribution in [-0.2, 0) is 11.3 Å². The fraction of sp³-hybridized carbons (Fsp3) is 0.348. The minimum absolute atomic E-state index is 0.0299. The highest BCUT2D eigenvalue weighted by atomic mass is 32.2. The number of aromatic nitrogens is 3. The minimum Gasteiger partial charge on any atom is -0.325 e. The molecule has 1 aromatic heterocycles. The van der Waals surface area contributed by atoms with E-state index in [9.17, 15) is 4.79 Å². The third-order valence-electron chi connectivity index (χ3n) is 5.08. The number of carbonyl (C=O) groups excluding carboxylic acids is 1. The number of anilines is 1. The first-order chi connectivity index (χ1) is 14.0. The van der Waals surface area contributed by atoms with E-state index in [0.717, 1.165) is 35.2 Å². The van der Waals surface area contributed by atoms with E-state index in [2.05, 4.69) is 46.9 Å². The average Bonchev–Trinajstić information content (AvgIpc) is 3.16. The fourth-order valence-electron chi connectivity index (χ4n) is 3.17. The highest BCUT2D eigenvalue weighted by Gasteiger charge is 2.21. The first-order valence-corrected chi connectivity index (χ1v) is 11.0. The summed E-state index contributed by atoms with van der Waals surface area (Å²) in [5, 5.41) is 12.3. The molecule has 0 fully saturated rings. The number of para-hydroxylation sites is 1. The molecular formula is C23H28N4OS. The topological polar surface area (TPSA) is 59.8 Å². The Bertz CT molecular complexity index is 955. The summed E-state index contributed by atoms with van der Waals surface area (Å²) in [6.45, 7) is 9.04. The molecule has 0 aliphatic rings. The van der Waals surface area contributed by atoms with Gasteiger partial charge in [-0.05, 0) is 37.8 Å². The molecule has 3 aromatic rings. The van der Waals surface area contributed by atoms with Crippen molar-refractivity contribution in [3.05, 3.63) is 60.2 Å². The molecule has 0 aliphatic heterocycles. The van der Waals surface area contributed by atoms with E-state index in [1.807, 2.05) is 55.5 Å². The quantitative estimate of drug-likeness (QED) is 0.493. The van der Waals surface area contributed by atoms with Gasteiger partial charge in [-0.25, -0.2) is 0 Å². The molecule has 0 saturated heterocycles. The number of benzene rings is 2. The fourth-order valence-corrected chi connectivity index (χ4v) is 4.08. The number of thioether (sulfide) groups is 1. The number of hydrogen-bond acceptors (Lipinski definition) is 4. The lowest BCUT2D eigenvalue weighted by Gasteiger charge is -2.17. The van der Waals surface area contributed by atoms with Gasteiger partial charge in [-0.15, -0.1) is 10.2 Å². The van der Waals surface area contributed by atoms with Crippen molar-refractivity contribution in [3.63, 3.8) is 0 Å². The second-order valence-electron chi connectivity index (χ2n) is 7.06. The van der Waals surface area contributed by atoms with Crippen LogP contribution in [-0.4, -0.2) is 25.9 Å². The molecule has 5 nitrogen and oxygen atoms in total. The number of rotatable bonds is 8. The van der Waals surface area contributed by atoms with Gasteiger partial charge in [0.05, 0.1) is 5.25 Å². The van der Waals surface area contributed by atoms with E-state index in [4.69, 9.17) is 0 Å². The van der Waals surface area contributed by atoms with E-state index in [-0.39, 0.29) is 11.2 Å². The number of amides is 1. The van der Waals surface area contributed by atoms with Crippen LogP contribution in [0.15, 0.2) is 59.8 Å². The average molecular weight is 409 g/mol. The Balaban J connectivity index is 1.75. The van der Waals surface area contributed by atoms with Gasteiger partial charge in [0, 0.05) is 17.8 Å². The van der Waals surface area contributed by atoms with E-state index in [1.54, 1.807) is 0 Å². The lowest BCUT2D eigenvalue weighted by Crippen LogP contribution is -2.23. The van der Waals surface area contributed by atoms with Crippen molar-refractivity contribution < 1.29 is 4.79 Å². The van der Waals surface area contributed by atoms with Gasteiger partial charge in [0.25, 0.3) is 0 Å². The number of carbonyl (C=O) groups is 1. The molecular weight excluding hydrogens is 380 g/mol. The number of nitrogens with zero attached hydrogens (tertiary/aromatic N) is 3. The van der Waals surface area contributed by atoms with Crippen LogP contribution in [0.25, 0.3) is 11.4 Å². The highest BCUT2D eigenvalue weighted by molar-refractivity contribution is 8.00. The van der Waals surface area contributed by atoms with Crippen molar-refractivity contribution in [2.75, 3.05) is 5.32 Å². The molecule has 0 spiro atoms. The molecule has 1 N–H and O–H groups in total. The monoisotopic (exact) mass is 408 g/mol. The second-order valence-corrected chi connectivity index (χ2v) is 8.37. The molecule has 152 valence electrons. The Hall–Kier alpha value is -2.60. The third-order valence-corrected chi connectivity index (χ3v) is 6.16. The summed E-state index contributed by atoms with van der Waals surface area (Å²) >= 11 is 1.43. The number of nitrogens with one attached hydrogen (secondary N) is 1. The van der Waals surface area contributed by atoms with Gasteiger partial charge < -0.3 is 9.88 Å². The smallest absolute Gasteiger partial charge is 0.237 e. The summed E-state index contributed by atoms with van der Waals surface area (Å²) < 4.78 is 2.05. The molecule has 0 aliphatic carbocycles. The van der Waals surface area contributed by atoms with Gasteiger partial charge >= 0.3 is 0 Å². The minimum atomic E-state index is -0.293. The molecule has 2 atom stereocenters. The first-order valence-electron chi connectivity index (χ1n) is 10.1. The molecule has 1 amide bonds. The van der Waals surface area contributed by atoms with E-state index in [1.165, 1.54) is 17.3 Å². The van der Waals surface area contributed by atoms with Gasteiger partial charge in [-0.3, -0.25) is 4.79 Å². The van der Waals surface area contributed by atoms with Crippen molar-refractivity contribution in [2.45, 2.75) is 57.0 Å². The molecule has 0 radical (unpaired) electrons. The molecule has 6 heteroatoms. The highest BCUT2D eigenvalue weighted by Crippen LogP contribution is 2.29. The summed E-state index contributed by atoms with van der Waals surface area (Å²) in [7, 11) is 0. The van der Waals surface area contributed by atoms with Crippen molar-refractivity contribution in [1.82, 2.24) is 14.8 Å². The Morgan fingerprint density at radius 1 is 1.03 bits per heavy atom. The van der Waals surface area contributed by atoms with Gasteiger partial charge in [0.1, 0.15) is 0 Å². The van der Waals surface area contributed by atoms with Crippen LogP contribution in [0.4, 0.5) is 5.69 Å². The van der Waals surface area contributed by atoms with Gasteiger partial charge in [0.2, 0.25) is 5.91 Å². The molecule has 0 unspecified atom stereocenters. The zero-order chi connectivity index (χ0) is 20.8. The van der Waals surface area contributed by atoms with Gasteiger partial charge in [0.15, 0.2) is 11.0 Å². The predicted molar refractivity (Wildman–Crippen MR) is 120 cm³/mol. The van der Waals surface area contributed by atoms with Crippen LogP contribution in [0.5, 0.6) is 0 Å². The van der Waals surface area contributed by atoms with E-state index in [0.29, 0.717) is 5.92 Å². The lowest BCUT2D eigenvalue weighted by atomic mass is 9.97. The van der Waals surface area contributed by atoms with Crippen molar-refractivity contribution in [3.8, 4) is 11.4 Å². The molecule has 2 aromatic carbocycles. The van der Waals surface area contributed by atoms with Crippen LogP contribution >= 0.6 is 11.8 Å². The van der Waals surface area contributed by atoms with Crippen molar-refractivity contribution >= 4 is 23.4 Å². The largest absolute Gasteiger partial charge is 0.325 e. The zero-order valence-electron chi connectivity index (χ0n) is 17.4. The van der Waals surface area contributed by atoms with Crippen LogP contribution in [0.3, 0.4) is 0 Å². The van der Waals surface area contributed by atoms with Crippen LogP contribution in [0, 0.1) is 0 Å². The standard InChI is InChI=1S/C23H28N4OS/c1-5-16(3)19-14-10-11-15-20(19)24-22(28)17(4)29-23-26-25-21(27(23)6-2)18-12-8-7-9-13-18/h7-17H,5-6H2,1-4H3,(H,24,28)/t16-,17-/m0/s1. The van der Waals surface area contributed by atoms with Crippen LogP contribution in [0.2, 0.25) is 0 Å². The Kier molecular flexibility index (Phi) is 7.09. The molecule has 3 rings (SSSR count). The maximum atomic E-state index is 12.9. The normalized spacial score (nSPS) is 13.1. The Labute approximate surface area is 176 Å². The van der Waals surface area contributed by atoms with Crippen molar-refractivity contribution in [2.24, 2.45) is 0 Å². The second kappa shape index (κ2) is 9.74. The summed E-state index contributed by atoms with van der Waals surface area (Å²) in [4.78, 5) is 12.9. The molecule has 0 saturated carbocycles. The van der Waals surface area contributed by atoms with Gasteiger partial charge in [-0.2, -0.15) is 0 Å². The Morgan fingerprint density at radius 2 is 1.72 bits per heavy atom. The predicted octanol–water partition coefficient (Wildman–Crippen LogP) is 5.60. The van der Waals surface area contributed by atoms with Crippen molar-refractivity contribution in [1.29, 1.82) is 0 Å². The third kappa shape index (κ3) is 4.88. The van der Waals surface area contributed by atoms with Gasteiger partial charge in [-0.1, -0.05) is 74.1 Å². The van der Waals surface area contributed by atoms with E-state index < -0.39 is 0 Å². The summed E-state index contributed by atoms with van der Waals surface area (Å²) in [5.74, 6) is 1.19. The molecule has 1 heterocycles. The van der Waals surface area contributed by atoms with E-state index >= 15 is 0 Å².